The molecule has 6 heteroatoms. The zero-order valence-corrected chi connectivity index (χ0v) is 32.1. The van der Waals surface area contributed by atoms with Crippen LogP contribution < -0.4 is 0 Å². The minimum Gasteiger partial charge on any atom is -0.309 e. The van der Waals surface area contributed by atoms with Crippen LogP contribution in [0.15, 0.2) is 182 Å². The van der Waals surface area contributed by atoms with Gasteiger partial charge < -0.3 is 4.57 Å². The molecule has 12 rings (SSSR count). The molecule has 0 saturated carbocycles. The number of para-hydroxylation sites is 2. The summed E-state index contributed by atoms with van der Waals surface area (Å²) in [6.07, 6.45) is 0. The maximum Gasteiger partial charge on any atom is 0.165 e. The number of hydrogen-bond donors (Lipinski definition) is 0. The lowest BCUT2D eigenvalue weighted by Crippen LogP contribution is -2.00. The Balaban J connectivity index is 1.03. The van der Waals surface area contributed by atoms with Crippen LogP contribution in [0.25, 0.3) is 113 Å². The number of benzene rings is 8. The van der Waals surface area contributed by atoms with Crippen LogP contribution in [0.4, 0.5) is 0 Å². The van der Waals surface area contributed by atoms with E-state index in [2.05, 4.69) is 150 Å². The van der Waals surface area contributed by atoms with Crippen molar-refractivity contribution < 1.29 is 0 Å². The van der Waals surface area contributed by atoms with Crippen molar-refractivity contribution in [2.75, 3.05) is 0 Å². The molecule has 0 spiro atoms. The van der Waals surface area contributed by atoms with E-state index < -0.39 is 0 Å². The smallest absolute Gasteiger partial charge is 0.165 e. The van der Waals surface area contributed by atoms with Gasteiger partial charge in [-0.3, -0.25) is 0 Å². The van der Waals surface area contributed by atoms with Crippen LogP contribution in [0.3, 0.4) is 0 Å². The van der Waals surface area contributed by atoms with Crippen molar-refractivity contribution in [2.24, 2.45) is 0 Å². The van der Waals surface area contributed by atoms with E-state index >= 15 is 0 Å². The van der Waals surface area contributed by atoms with Crippen molar-refractivity contribution in [3.8, 4) is 51.0 Å². The predicted molar refractivity (Wildman–Crippen MR) is 242 cm³/mol. The Morgan fingerprint density at radius 3 is 1.61 bits per heavy atom. The molecule has 12 aromatic rings. The average Bonchev–Trinajstić information content (AvgIpc) is 3.96. The Morgan fingerprint density at radius 2 is 0.912 bits per heavy atom. The Labute approximate surface area is 335 Å². The lowest BCUT2D eigenvalue weighted by Gasteiger charge is -2.09. The molecule has 0 atom stereocenters. The van der Waals surface area contributed by atoms with E-state index in [1.165, 1.54) is 79.0 Å². The molecule has 0 N–H and O–H groups in total. The van der Waals surface area contributed by atoms with Gasteiger partial charge in [-0.15, -0.1) is 22.7 Å². The van der Waals surface area contributed by atoms with E-state index in [0.717, 1.165) is 16.7 Å². The lowest BCUT2D eigenvalue weighted by molar-refractivity contribution is 1.08. The molecular weight excluding hydrogens is 733 g/mol. The van der Waals surface area contributed by atoms with Gasteiger partial charge in [-0.25, -0.2) is 15.0 Å². The summed E-state index contributed by atoms with van der Waals surface area (Å²) >= 11 is 3.66. The molecule has 4 aromatic heterocycles. The molecule has 4 nitrogen and oxygen atoms in total. The van der Waals surface area contributed by atoms with Gasteiger partial charge in [0.2, 0.25) is 0 Å². The summed E-state index contributed by atoms with van der Waals surface area (Å²) in [6.45, 7) is 0. The van der Waals surface area contributed by atoms with Gasteiger partial charge in [0.05, 0.1) is 11.0 Å². The van der Waals surface area contributed by atoms with Crippen LogP contribution in [0.1, 0.15) is 0 Å². The third-order valence-corrected chi connectivity index (χ3v) is 13.4. The fraction of sp³-hybridized carbons (Fsp3) is 0. The van der Waals surface area contributed by atoms with Crippen LogP contribution in [0.2, 0.25) is 0 Å². The maximum absolute atomic E-state index is 5.10. The summed E-state index contributed by atoms with van der Waals surface area (Å²) in [5.74, 6) is 2.00. The number of hydrogen-bond acceptors (Lipinski definition) is 5. The highest BCUT2D eigenvalue weighted by molar-refractivity contribution is 7.26. The monoisotopic (exact) mass is 762 g/mol. The molecule has 0 aliphatic carbocycles. The maximum atomic E-state index is 5.10. The van der Waals surface area contributed by atoms with E-state index in [1.807, 2.05) is 47.7 Å². The molecule has 0 radical (unpaired) electrons. The van der Waals surface area contributed by atoms with E-state index in [0.29, 0.717) is 17.5 Å². The molecule has 266 valence electrons. The first kappa shape index (κ1) is 32.3. The third-order valence-electron chi connectivity index (χ3n) is 11.1. The Morgan fingerprint density at radius 1 is 0.351 bits per heavy atom. The first-order valence-corrected chi connectivity index (χ1v) is 20.7. The Hall–Kier alpha value is -6.99. The van der Waals surface area contributed by atoms with Crippen LogP contribution in [0, 0.1) is 0 Å². The quantitative estimate of drug-likeness (QED) is 0.175. The highest BCUT2D eigenvalue weighted by Crippen LogP contribution is 2.45. The Kier molecular flexibility index (Phi) is 7.24. The van der Waals surface area contributed by atoms with Crippen LogP contribution in [-0.2, 0) is 0 Å². The zero-order valence-electron chi connectivity index (χ0n) is 30.4. The molecule has 0 aliphatic rings. The molecule has 0 saturated heterocycles. The normalized spacial score (nSPS) is 11.9. The van der Waals surface area contributed by atoms with Crippen LogP contribution >= 0.6 is 22.7 Å². The molecule has 57 heavy (non-hydrogen) atoms. The molecule has 4 heterocycles. The van der Waals surface area contributed by atoms with Gasteiger partial charge in [0.1, 0.15) is 0 Å². The van der Waals surface area contributed by atoms with Crippen molar-refractivity contribution in [2.45, 2.75) is 0 Å². The standard InChI is InChI=1S/C51H30N4S2/c1-3-13-31(14-4-1)49-52-50(32-15-5-2-6-16-32)54-51(53-49)39-21-11-20-38-47-35(19-12-24-46(47)57-48(38)39)33-25-27-44-40(29-33)41-30-34(26-28-45(41)56-44)55-42-22-9-7-17-36(42)37-18-8-10-23-43(37)55/h1-30H. The summed E-state index contributed by atoms with van der Waals surface area (Å²) in [5.41, 5.74) is 8.97. The van der Waals surface area contributed by atoms with Crippen molar-refractivity contribution in [1.82, 2.24) is 19.5 Å². The van der Waals surface area contributed by atoms with Gasteiger partial charge in [0.15, 0.2) is 17.5 Å². The van der Waals surface area contributed by atoms with Crippen LogP contribution in [0.5, 0.6) is 0 Å². The number of fused-ring (bicyclic) bond motifs is 9. The fourth-order valence-corrected chi connectivity index (χ4v) is 10.8. The van der Waals surface area contributed by atoms with E-state index in [9.17, 15) is 0 Å². The van der Waals surface area contributed by atoms with Gasteiger partial charge >= 0.3 is 0 Å². The second-order valence-corrected chi connectivity index (χ2v) is 16.5. The number of aromatic nitrogens is 4. The summed E-state index contributed by atoms with van der Waals surface area (Å²) < 4.78 is 7.39. The molecule has 0 unspecified atom stereocenters. The van der Waals surface area contributed by atoms with Crippen LogP contribution in [-0.4, -0.2) is 19.5 Å². The SMILES string of the molecule is c1ccc(-c2nc(-c3ccccc3)nc(-c3cccc4c3sc3cccc(-c5ccc6sc7ccc(-n8c9ccccc9c9ccccc98)cc7c6c5)c34)n2)cc1. The molecule has 0 bridgehead atoms. The minimum atomic E-state index is 0.663. The second kappa shape index (κ2) is 12.8. The van der Waals surface area contributed by atoms with E-state index in [1.54, 1.807) is 11.3 Å². The Bertz CT molecular complexity index is 3410. The van der Waals surface area contributed by atoms with Gasteiger partial charge in [-0.1, -0.05) is 127 Å². The highest BCUT2D eigenvalue weighted by Gasteiger charge is 2.19. The number of thiophene rings is 2. The summed E-state index contributed by atoms with van der Waals surface area (Å²) in [5, 5.41) is 7.56. The van der Waals surface area contributed by atoms with Gasteiger partial charge in [-0.2, -0.15) is 0 Å². The number of nitrogens with zero attached hydrogens (tertiary/aromatic N) is 4. The van der Waals surface area contributed by atoms with E-state index in [4.69, 9.17) is 15.0 Å². The predicted octanol–water partition coefficient (Wildman–Crippen LogP) is 14.4. The first-order chi connectivity index (χ1) is 28.2. The van der Waals surface area contributed by atoms with Gasteiger partial charge in [0.25, 0.3) is 0 Å². The van der Waals surface area contributed by atoms with Crippen molar-refractivity contribution in [1.29, 1.82) is 0 Å². The zero-order chi connectivity index (χ0) is 37.5. The summed E-state index contributed by atoms with van der Waals surface area (Å²) in [4.78, 5) is 15.1. The largest absolute Gasteiger partial charge is 0.309 e. The highest BCUT2D eigenvalue weighted by atomic mass is 32.1. The second-order valence-electron chi connectivity index (χ2n) is 14.4. The summed E-state index contributed by atoms with van der Waals surface area (Å²) in [6, 6.07) is 64.9. The lowest BCUT2D eigenvalue weighted by atomic mass is 9.97. The molecule has 0 fully saturated rings. The van der Waals surface area contributed by atoms with Crippen molar-refractivity contribution in [3.05, 3.63) is 182 Å². The third kappa shape index (κ3) is 5.15. The fourth-order valence-electron chi connectivity index (χ4n) is 8.47. The summed E-state index contributed by atoms with van der Waals surface area (Å²) in [7, 11) is 0. The topological polar surface area (TPSA) is 43.6 Å². The average molecular weight is 763 g/mol. The molecule has 8 aromatic carbocycles. The number of rotatable bonds is 5. The van der Waals surface area contributed by atoms with Gasteiger partial charge in [0, 0.05) is 73.5 Å². The van der Waals surface area contributed by atoms with Crippen molar-refractivity contribution in [3.63, 3.8) is 0 Å². The molecule has 0 amide bonds. The van der Waals surface area contributed by atoms with Crippen molar-refractivity contribution >= 4 is 84.8 Å². The van der Waals surface area contributed by atoms with Gasteiger partial charge in [-0.05, 0) is 65.7 Å². The minimum absolute atomic E-state index is 0.663. The first-order valence-electron chi connectivity index (χ1n) is 19.0. The molecule has 0 aliphatic heterocycles. The van der Waals surface area contributed by atoms with E-state index in [-0.39, 0.29) is 0 Å². The molecular formula is C51H30N4S2.